The standard InChI is InChI=1S/C17H16BrNO2S/c1-10-2-5-12(15(20)6-11-3-4-11)7-14(10)19-17(21)13-8-16(18)22-9-13/h2,5,7-9,11H,3-4,6H2,1H3,(H,19,21). The van der Waals surface area contributed by atoms with Crippen LogP contribution in [0, 0.1) is 12.8 Å². The minimum atomic E-state index is -0.156. The lowest BCUT2D eigenvalue weighted by atomic mass is 10.0. The van der Waals surface area contributed by atoms with Gasteiger partial charge in [0.2, 0.25) is 0 Å². The molecule has 22 heavy (non-hydrogen) atoms. The van der Waals surface area contributed by atoms with E-state index in [4.69, 9.17) is 0 Å². The molecule has 1 saturated carbocycles. The maximum atomic E-state index is 12.2. The van der Waals surface area contributed by atoms with Gasteiger partial charge in [0.1, 0.15) is 0 Å². The molecule has 1 fully saturated rings. The molecule has 1 amide bonds. The number of thiophene rings is 1. The molecule has 1 aliphatic carbocycles. The molecule has 1 N–H and O–H groups in total. The summed E-state index contributed by atoms with van der Waals surface area (Å²) in [6.07, 6.45) is 2.94. The fourth-order valence-corrected chi connectivity index (χ4v) is 3.39. The van der Waals surface area contributed by atoms with Crippen LogP contribution in [0.5, 0.6) is 0 Å². The number of nitrogens with one attached hydrogen (secondary N) is 1. The Bertz CT molecular complexity index is 734. The molecule has 2 aromatic rings. The fraction of sp³-hybridized carbons (Fsp3) is 0.294. The van der Waals surface area contributed by atoms with Crippen LogP contribution < -0.4 is 5.32 Å². The number of benzene rings is 1. The van der Waals surface area contributed by atoms with Crippen LogP contribution >= 0.6 is 27.3 Å². The van der Waals surface area contributed by atoms with Crippen molar-refractivity contribution in [2.45, 2.75) is 26.2 Å². The van der Waals surface area contributed by atoms with Gasteiger partial charge in [-0.2, -0.15) is 0 Å². The number of hydrogen-bond donors (Lipinski definition) is 1. The van der Waals surface area contributed by atoms with Gasteiger partial charge in [0.15, 0.2) is 5.78 Å². The second-order valence-corrected chi connectivity index (χ2v) is 7.98. The van der Waals surface area contributed by atoms with Crippen molar-refractivity contribution < 1.29 is 9.59 Å². The summed E-state index contributed by atoms with van der Waals surface area (Å²) in [7, 11) is 0. The molecule has 0 atom stereocenters. The van der Waals surface area contributed by atoms with Gasteiger partial charge in [0.05, 0.1) is 9.35 Å². The molecule has 3 rings (SSSR count). The highest BCUT2D eigenvalue weighted by Crippen LogP contribution is 2.34. The van der Waals surface area contributed by atoms with E-state index in [1.54, 1.807) is 17.5 Å². The SMILES string of the molecule is Cc1ccc(C(=O)CC2CC2)cc1NC(=O)c1csc(Br)c1. The molecule has 0 spiro atoms. The zero-order valence-electron chi connectivity index (χ0n) is 12.2. The maximum absolute atomic E-state index is 12.2. The van der Waals surface area contributed by atoms with Gasteiger partial charge in [-0.1, -0.05) is 12.1 Å². The van der Waals surface area contributed by atoms with Crippen LogP contribution in [-0.2, 0) is 0 Å². The van der Waals surface area contributed by atoms with Gasteiger partial charge < -0.3 is 5.32 Å². The van der Waals surface area contributed by atoms with E-state index in [2.05, 4.69) is 21.2 Å². The van der Waals surface area contributed by atoms with Crippen LogP contribution in [0.3, 0.4) is 0 Å². The topological polar surface area (TPSA) is 46.2 Å². The van der Waals surface area contributed by atoms with Crippen molar-refractivity contribution in [2.75, 3.05) is 5.32 Å². The molecule has 0 aliphatic heterocycles. The van der Waals surface area contributed by atoms with Gasteiger partial charge in [0, 0.05) is 23.1 Å². The summed E-state index contributed by atoms with van der Waals surface area (Å²) in [5.41, 5.74) is 2.95. The summed E-state index contributed by atoms with van der Waals surface area (Å²) in [6, 6.07) is 7.31. The first-order valence-electron chi connectivity index (χ1n) is 7.22. The van der Waals surface area contributed by atoms with E-state index in [9.17, 15) is 9.59 Å². The summed E-state index contributed by atoms with van der Waals surface area (Å²) in [6.45, 7) is 1.92. The molecular formula is C17H16BrNO2S. The largest absolute Gasteiger partial charge is 0.322 e. The van der Waals surface area contributed by atoms with E-state index in [1.165, 1.54) is 11.3 Å². The fourth-order valence-electron chi connectivity index (χ4n) is 2.26. The smallest absolute Gasteiger partial charge is 0.256 e. The molecule has 1 aromatic carbocycles. The van der Waals surface area contributed by atoms with Crippen molar-refractivity contribution >= 4 is 44.6 Å². The van der Waals surface area contributed by atoms with Crippen molar-refractivity contribution in [1.82, 2.24) is 0 Å². The molecule has 0 bridgehead atoms. The maximum Gasteiger partial charge on any atom is 0.256 e. The van der Waals surface area contributed by atoms with Crippen LogP contribution in [0.4, 0.5) is 5.69 Å². The molecule has 0 saturated heterocycles. The average molecular weight is 378 g/mol. The van der Waals surface area contributed by atoms with Crippen LogP contribution in [0.2, 0.25) is 0 Å². The van der Waals surface area contributed by atoms with E-state index < -0.39 is 0 Å². The Morgan fingerprint density at radius 3 is 2.68 bits per heavy atom. The average Bonchev–Trinajstić information content (AvgIpc) is 3.19. The summed E-state index contributed by atoms with van der Waals surface area (Å²) < 4.78 is 0.919. The Morgan fingerprint density at radius 2 is 2.05 bits per heavy atom. The number of ketones is 1. The minimum absolute atomic E-state index is 0.156. The zero-order valence-corrected chi connectivity index (χ0v) is 14.6. The second-order valence-electron chi connectivity index (χ2n) is 5.69. The number of amides is 1. The van der Waals surface area contributed by atoms with Crippen molar-refractivity contribution in [2.24, 2.45) is 5.92 Å². The van der Waals surface area contributed by atoms with Gasteiger partial charge in [0.25, 0.3) is 5.91 Å². The lowest BCUT2D eigenvalue weighted by Gasteiger charge is -2.10. The summed E-state index contributed by atoms with van der Waals surface area (Å²) in [4.78, 5) is 24.4. The lowest BCUT2D eigenvalue weighted by Crippen LogP contribution is -2.12. The molecular weight excluding hydrogens is 362 g/mol. The van der Waals surface area contributed by atoms with Gasteiger partial charge >= 0.3 is 0 Å². The number of aryl methyl sites for hydroxylation is 1. The molecule has 114 valence electrons. The van der Waals surface area contributed by atoms with E-state index in [0.29, 0.717) is 29.2 Å². The number of Topliss-reactive ketones (excluding diaryl/α,β-unsaturated/α-hetero) is 1. The van der Waals surface area contributed by atoms with E-state index in [1.807, 2.05) is 19.1 Å². The van der Waals surface area contributed by atoms with Crippen LogP contribution in [0.15, 0.2) is 33.4 Å². The third-order valence-corrected chi connectivity index (χ3v) is 5.31. The first-order valence-corrected chi connectivity index (χ1v) is 8.89. The number of carbonyl (C=O) groups excluding carboxylic acids is 2. The molecule has 1 aromatic heterocycles. The minimum Gasteiger partial charge on any atom is -0.322 e. The Kier molecular flexibility index (Phi) is 4.45. The number of anilines is 1. The summed E-state index contributed by atoms with van der Waals surface area (Å²) in [5, 5.41) is 4.70. The highest BCUT2D eigenvalue weighted by molar-refractivity contribution is 9.11. The number of rotatable bonds is 5. The highest BCUT2D eigenvalue weighted by Gasteiger charge is 2.25. The Balaban J connectivity index is 1.77. The Hall–Kier alpha value is -1.46. The van der Waals surface area contributed by atoms with Crippen molar-refractivity contribution in [3.8, 4) is 0 Å². The van der Waals surface area contributed by atoms with Gasteiger partial charge in [-0.15, -0.1) is 11.3 Å². The predicted molar refractivity (Wildman–Crippen MR) is 92.8 cm³/mol. The first-order chi connectivity index (χ1) is 10.5. The molecule has 0 unspecified atom stereocenters. The van der Waals surface area contributed by atoms with Crippen LogP contribution in [0.1, 0.15) is 45.5 Å². The van der Waals surface area contributed by atoms with Crippen LogP contribution in [-0.4, -0.2) is 11.7 Å². The molecule has 5 heteroatoms. The molecule has 1 heterocycles. The van der Waals surface area contributed by atoms with Crippen molar-refractivity contribution in [1.29, 1.82) is 0 Å². The third-order valence-electron chi connectivity index (χ3n) is 3.81. The van der Waals surface area contributed by atoms with E-state index in [-0.39, 0.29) is 11.7 Å². The quantitative estimate of drug-likeness (QED) is 0.740. The first kappa shape index (κ1) is 15.4. The Morgan fingerprint density at radius 1 is 1.27 bits per heavy atom. The molecule has 0 radical (unpaired) electrons. The van der Waals surface area contributed by atoms with Crippen LogP contribution in [0.25, 0.3) is 0 Å². The number of halogens is 1. The predicted octanol–water partition coefficient (Wildman–Crippen LogP) is 5.05. The number of hydrogen-bond acceptors (Lipinski definition) is 3. The van der Waals surface area contributed by atoms with Gasteiger partial charge in [-0.05, 0) is 59.3 Å². The number of carbonyl (C=O) groups is 2. The molecule has 3 nitrogen and oxygen atoms in total. The molecule has 1 aliphatic rings. The van der Waals surface area contributed by atoms with Crippen molar-refractivity contribution in [3.63, 3.8) is 0 Å². The monoisotopic (exact) mass is 377 g/mol. The normalized spacial score (nSPS) is 13.9. The van der Waals surface area contributed by atoms with Gasteiger partial charge in [-0.3, -0.25) is 9.59 Å². The van der Waals surface area contributed by atoms with E-state index >= 15 is 0 Å². The zero-order chi connectivity index (χ0) is 15.7. The Labute approximate surface area is 141 Å². The summed E-state index contributed by atoms with van der Waals surface area (Å²) >= 11 is 4.82. The van der Waals surface area contributed by atoms with Gasteiger partial charge in [-0.25, -0.2) is 0 Å². The third kappa shape index (κ3) is 3.65. The second kappa shape index (κ2) is 6.34. The van der Waals surface area contributed by atoms with Crippen molar-refractivity contribution in [3.05, 3.63) is 50.1 Å². The van der Waals surface area contributed by atoms with E-state index in [0.717, 1.165) is 22.2 Å². The lowest BCUT2D eigenvalue weighted by molar-refractivity contribution is 0.0974. The highest BCUT2D eigenvalue weighted by atomic mass is 79.9. The summed E-state index contributed by atoms with van der Waals surface area (Å²) in [5.74, 6) is 0.572.